The molecule has 0 heterocycles. The molecule has 2 aromatic carbocycles. The number of hydrogen-bond donors (Lipinski definition) is 3. The van der Waals surface area contributed by atoms with Gasteiger partial charge in [0.05, 0.1) is 5.56 Å². The Hall–Kier alpha value is -2.82. The fourth-order valence-corrected chi connectivity index (χ4v) is 1.47. The second kappa shape index (κ2) is 5.22. The Morgan fingerprint density at radius 1 is 1.00 bits per heavy atom. The third-order valence-corrected chi connectivity index (χ3v) is 2.48. The topological polar surface area (TPSA) is 96.4 Å². The molecule has 2 aromatic rings. The summed E-state index contributed by atoms with van der Waals surface area (Å²) in [7, 11) is 0. The minimum atomic E-state index is -0.518. The molecule has 0 aliphatic rings. The molecular formula is C14H12N2O3. The molecule has 0 fully saturated rings. The number of benzene rings is 2. The smallest absolute Gasteiger partial charge is 0.343 e. The van der Waals surface area contributed by atoms with Crippen LogP contribution in [0.25, 0.3) is 0 Å². The number of esters is 1. The van der Waals surface area contributed by atoms with Crippen LogP contribution < -0.4 is 10.5 Å². The van der Waals surface area contributed by atoms with E-state index in [0.717, 1.165) is 0 Å². The number of nitrogens with two attached hydrogens (primary N) is 1. The summed E-state index contributed by atoms with van der Waals surface area (Å²) in [5, 5.41) is 16.4. The first-order valence-electron chi connectivity index (χ1n) is 5.52. The van der Waals surface area contributed by atoms with Gasteiger partial charge >= 0.3 is 5.97 Å². The molecule has 0 radical (unpaired) electrons. The molecule has 0 saturated carbocycles. The van der Waals surface area contributed by atoms with Crippen LogP contribution in [-0.4, -0.2) is 16.9 Å². The monoisotopic (exact) mass is 256 g/mol. The van der Waals surface area contributed by atoms with Gasteiger partial charge in [-0.15, -0.1) is 0 Å². The Morgan fingerprint density at radius 2 is 1.53 bits per heavy atom. The molecule has 0 saturated heterocycles. The maximum absolute atomic E-state index is 11.8. The normalized spacial score (nSPS) is 9.89. The van der Waals surface area contributed by atoms with E-state index in [-0.39, 0.29) is 11.6 Å². The van der Waals surface area contributed by atoms with Crippen molar-refractivity contribution in [3.63, 3.8) is 0 Å². The van der Waals surface area contributed by atoms with E-state index in [9.17, 15) is 4.79 Å². The summed E-state index contributed by atoms with van der Waals surface area (Å²) >= 11 is 0. The van der Waals surface area contributed by atoms with Gasteiger partial charge in [0.15, 0.2) is 0 Å². The van der Waals surface area contributed by atoms with E-state index in [0.29, 0.717) is 16.9 Å². The highest BCUT2D eigenvalue weighted by atomic mass is 16.5. The Balaban J connectivity index is 2.10. The lowest BCUT2D eigenvalue weighted by atomic mass is 10.2. The zero-order valence-corrected chi connectivity index (χ0v) is 9.96. The molecule has 19 heavy (non-hydrogen) atoms. The largest absolute Gasteiger partial charge is 0.508 e. The lowest BCUT2D eigenvalue weighted by Gasteiger charge is -2.05. The number of aromatic hydroxyl groups is 1. The van der Waals surface area contributed by atoms with Crippen molar-refractivity contribution in [3.05, 3.63) is 59.7 Å². The van der Waals surface area contributed by atoms with E-state index in [2.05, 4.69) is 0 Å². The van der Waals surface area contributed by atoms with Gasteiger partial charge in [-0.2, -0.15) is 0 Å². The van der Waals surface area contributed by atoms with E-state index in [1.165, 1.54) is 24.3 Å². The van der Waals surface area contributed by atoms with Crippen molar-refractivity contribution < 1.29 is 14.6 Å². The molecule has 4 N–H and O–H groups in total. The predicted molar refractivity (Wildman–Crippen MR) is 70.5 cm³/mol. The molecule has 0 amide bonds. The standard InChI is InChI=1S/C14H12N2O3/c15-13(16)9-3-7-12(8-4-9)19-14(18)10-1-5-11(17)6-2-10/h1-8,17H,(H3,15,16). The first-order valence-corrected chi connectivity index (χ1v) is 5.52. The fraction of sp³-hybridized carbons (Fsp3) is 0. The third kappa shape index (κ3) is 3.10. The van der Waals surface area contributed by atoms with Gasteiger partial charge < -0.3 is 15.6 Å². The van der Waals surface area contributed by atoms with E-state index in [1.54, 1.807) is 24.3 Å². The van der Waals surface area contributed by atoms with Crippen LogP contribution >= 0.6 is 0 Å². The van der Waals surface area contributed by atoms with Crippen LogP contribution in [0.2, 0.25) is 0 Å². The average Bonchev–Trinajstić information content (AvgIpc) is 2.40. The van der Waals surface area contributed by atoms with Crippen molar-refractivity contribution in [2.75, 3.05) is 0 Å². The molecule has 2 rings (SSSR count). The highest BCUT2D eigenvalue weighted by Gasteiger charge is 2.08. The highest BCUT2D eigenvalue weighted by molar-refractivity contribution is 5.95. The second-order valence-corrected chi connectivity index (χ2v) is 3.87. The van der Waals surface area contributed by atoms with E-state index in [1.807, 2.05) is 0 Å². The average molecular weight is 256 g/mol. The lowest BCUT2D eigenvalue weighted by Crippen LogP contribution is -2.11. The molecule has 0 atom stereocenters. The Labute approximate surface area is 109 Å². The van der Waals surface area contributed by atoms with Crippen LogP contribution in [0.4, 0.5) is 0 Å². The number of phenolic OH excluding ortho intramolecular Hbond substituents is 1. The number of nitrogens with one attached hydrogen (secondary N) is 1. The molecule has 0 unspecified atom stereocenters. The maximum atomic E-state index is 11.8. The van der Waals surface area contributed by atoms with Crippen molar-refractivity contribution >= 4 is 11.8 Å². The number of carbonyl (C=O) groups excluding carboxylic acids is 1. The first kappa shape index (κ1) is 12.6. The third-order valence-electron chi connectivity index (χ3n) is 2.48. The summed E-state index contributed by atoms with van der Waals surface area (Å²) in [6.45, 7) is 0. The molecule has 96 valence electrons. The predicted octanol–water partition coefficient (Wildman–Crippen LogP) is 1.90. The molecule has 5 nitrogen and oxygen atoms in total. The minimum Gasteiger partial charge on any atom is -0.508 e. The Bertz CT molecular complexity index is 604. The zero-order chi connectivity index (χ0) is 13.8. The van der Waals surface area contributed by atoms with Crippen molar-refractivity contribution in [2.24, 2.45) is 5.73 Å². The van der Waals surface area contributed by atoms with Crippen LogP contribution in [0, 0.1) is 5.41 Å². The summed E-state index contributed by atoms with van der Waals surface area (Å²) in [6.07, 6.45) is 0. The number of amidine groups is 1. The van der Waals surface area contributed by atoms with Crippen LogP contribution in [0.15, 0.2) is 48.5 Å². The molecule has 5 heteroatoms. The van der Waals surface area contributed by atoms with E-state index in [4.69, 9.17) is 21.0 Å². The highest BCUT2D eigenvalue weighted by Crippen LogP contribution is 2.15. The summed E-state index contributed by atoms with van der Waals surface area (Å²) in [5.41, 5.74) is 6.22. The van der Waals surface area contributed by atoms with Crippen molar-refractivity contribution in [2.45, 2.75) is 0 Å². The fourth-order valence-electron chi connectivity index (χ4n) is 1.47. The number of rotatable bonds is 3. The summed E-state index contributed by atoms with van der Waals surface area (Å²) in [6, 6.07) is 12.1. The molecular weight excluding hydrogens is 244 g/mol. The minimum absolute atomic E-state index is 0.0450. The number of hydrogen-bond acceptors (Lipinski definition) is 4. The second-order valence-electron chi connectivity index (χ2n) is 3.87. The Kier molecular flexibility index (Phi) is 3.47. The van der Waals surface area contributed by atoms with Gasteiger partial charge in [-0.1, -0.05) is 0 Å². The van der Waals surface area contributed by atoms with Crippen molar-refractivity contribution in [3.8, 4) is 11.5 Å². The maximum Gasteiger partial charge on any atom is 0.343 e. The van der Waals surface area contributed by atoms with E-state index < -0.39 is 5.97 Å². The van der Waals surface area contributed by atoms with Crippen molar-refractivity contribution in [1.82, 2.24) is 0 Å². The molecule has 0 aliphatic heterocycles. The number of ether oxygens (including phenoxy) is 1. The van der Waals surface area contributed by atoms with Crippen LogP contribution in [0.1, 0.15) is 15.9 Å². The molecule has 0 aliphatic carbocycles. The van der Waals surface area contributed by atoms with Gasteiger partial charge in [-0.05, 0) is 48.5 Å². The van der Waals surface area contributed by atoms with E-state index >= 15 is 0 Å². The van der Waals surface area contributed by atoms with Crippen molar-refractivity contribution in [1.29, 1.82) is 5.41 Å². The van der Waals surface area contributed by atoms with Gasteiger partial charge in [0.2, 0.25) is 0 Å². The summed E-state index contributed by atoms with van der Waals surface area (Å²) in [5.74, 6) is -0.113. The zero-order valence-electron chi connectivity index (χ0n) is 9.96. The van der Waals surface area contributed by atoms with Crippen LogP contribution in [-0.2, 0) is 0 Å². The van der Waals surface area contributed by atoms with Crippen LogP contribution in [0.3, 0.4) is 0 Å². The van der Waals surface area contributed by atoms with Gasteiger partial charge in [0.25, 0.3) is 0 Å². The molecule has 0 spiro atoms. The lowest BCUT2D eigenvalue weighted by molar-refractivity contribution is 0.0735. The SMILES string of the molecule is N=C(N)c1ccc(OC(=O)c2ccc(O)cc2)cc1. The van der Waals surface area contributed by atoms with Crippen LogP contribution in [0.5, 0.6) is 11.5 Å². The number of nitrogen functional groups attached to an aromatic ring is 1. The summed E-state index contributed by atoms with van der Waals surface area (Å²) in [4.78, 5) is 11.8. The summed E-state index contributed by atoms with van der Waals surface area (Å²) < 4.78 is 5.14. The van der Waals surface area contributed by atoms with Gasteiger partial charge in [-0.25, -0.2) is 4.79 Å². The molecule has 0 bridgehead atoms. The van der Waals surface area contributed by atoms with Gasteiger partial charge in [0, 0.05) is 5.56 Å². The first-order chi connectivity index (χ1) is 9.06. The molecule has 0 aromatic heterocycles. The number of phenols is 1. The Morgan fingerprint density at radius 3 is 2.05 bits per heavy atom. The number of carbonyl (C=O) groups is 1. The quantitative estimate of drug-likeness (QED) is 0.338. The van der Waals surface area contributed by atoms with Gasteiger partial charge in [-0.3, -0.25) is 5.41 Å². The van der Waals surface area contributed by atoms with Gasteiger partial charge in [0.1, 0.15) is 17.3 Å².